The van der Waals surface area contributed by atoms with Crippen LogP contribution in [0.15, 0.2) is 12.2 Å². The van der Waals surface area contributed by atoms with Gasteiger partial charge in [0.2, 0.25) is 0 Å². The molecule has 0 spiro atoms. The van der Waals surface area contributed by atoms with Gasteiger partial charge < -0.3 is 34.5 Å². The Kier molecular flexibility index (Phi) is 17.7. The van der Waals surface area contributed by atoms with Crippen molar-refractivity contribution in [2.24, 2.45) is 11.8 Å². The van der Waals surface area contributed by atoms with E-state index >= 15 is 0 Å². The van der Waals surface area contributed by atoms with Gasteiger partial charge in [0, 0.05) is 33.7 Å². The third-order valence-electron chi connectivity index (χ3n) is 6.71. The quantitative estimate of drug-likeness (QED) is 0.239. The molecule has 3 N–H and O–H groups in total. The molecular formula is C26H51NO7. The highest BCUT2D eigenvalue weighted by atomic mass is 16.5. The van der Waals surface area contributed by atoms with Gasteiger partial charge in [0.15, 0.2) is 6.10 Å². The fraction of sp³-hybridized carbons (Fsp3) is 0.885. The summed E-state index contributed by atoms with van der Waals surface area (Å²) < 4.78 is 21.7. The van der Waals surface area contributed by atoms with Gasteiger partial charge in [-0.05, 0) is 38.5 Å². The zero-order valence-corrected chi connectivity index (χ0v) is 22.7. The van der Waals surface area contributed by atoms with E-state index in [0.717, 1.165) is 24.8 Å². The molecule has 34 heavy (non-hydrogen) atoms. The van der Waals surface area contributed by atoms with Crippen molar-refractivity contribution < 1.29 is 34.0 Å². The number of nitrogens with one attached hydrogen (secondary N) is 1. The zero-order chi connectivity index (χ0) is 26.3. The highest BCUT2D eigenvalue weighted by molar-refractivity contribution is 5.81. The van der Waals surface area contributed by atoms with E-state index in [2.05, 4.69) is 18.8 Å². The van der Waals surface area contributed by atoms with Crippen LogP contribution in [0.25, 0.3) is 0 Å². The summed E-state index contributed by atoms with van der Waals surface area (Å²) in [4.78, 5) is 12.6. The molecule has 0 radical (unpaired) electrons. The summed E-state index contributed by atoms with van der Waals surface area (Å²) in [6.07, 6.45) is 0.820. The lowest BCUT2D eigenvalue weighted by Crippen LogP contribution is -2.50. The van der Waals surface area contributed by atoms with Crippen LogP contribution in [0.5, 0.6) is 0 Å². The Labute approximate surface area is 207 Å². The van der Waals surface area contributed by atoms with Gasteiger partial charge in [-0.25, -0.2) is 0 Å². The summed E-state index contributed by atoms with van der Waals surface area (Å²) >= 11 is 0. The van der Waals surface area contributed by atoms with Gasteiger partial charge in [0.05, 0.1) is 31.0 Å². The van der Waals surface area contributed by atoms with Gasteiger partial charge in [-0.3, -0.25) is 4.79 Å². The largest absolute Gasteiger partial charge is 0.393 e. The van der Waals surface area contributed by atoms with Crippen LogP contribution in [0.3, 0.4) is 0 Å². The van der Waals surface area contributed by atoms with E-state index in [1.807, 2.05) is 27.7 Å². The topological polar surface area (TPSA) is 106 Å². The Morgan fingerprint density at radius 3 is 2.32 bits per heavy atom. The molecule has 1 aliphatic rings. The van der Waals surface area contributed by atoms with Crippen LogP contribution in [0.2, 0.25) is 0 Å². The van der Waals surface area contributed by atoms with E-state index in [1.165, 1.54) is 7.11 Å². The van der Waals surface area contributed by atoms with Crippen LogP contribution in [0, 0.1) is 11.8 Å². The minimum absolute atomic E-state index is 0.0964. The molecule has 8 nitrogen and oxygen atoms in total. The summed E-state index contributed by atoms with van der Waals surface area (Å²) in [5.41, 5.74) is 0.981. The lowest BCUT2D eigenvalue weighted by molar-refractivity contribution is -0.150. The van der Waals surface area contributed by atoms with Crippen LogP contribution < -0.4 is 5.32 Å². The van der Waals surface area contributed by atoms with E-state index in [4.69, 9.17) is 18.9 Å². The van der Waals surface area contributed by atoms with Crippen molar-refractivity contribution in [3.8, 4) is 0 Å². The van der Waals surface area contributed by atoms with Gasteiger partial charge in [-0.2, -0.15) is 0 Å². The molecule has 0 aliphatic carbocycles. The SMILES string of the molecule is C=C1CC(C(O)C(=O)NC(CCCC(CC)C(O)CC(COC)OC)OC)OC(C)C1C.CC. The number of hydrogen-bond acceptors (Lipinski definition) is 7. The number of amides is 1. The summed E-state index contributed by atoms with van der Waals surface area (Å²) in [7, 11) is 4.76. The molecule has 8 atom stereocenters. The first-order valence-corrected chi connectivity index (χ1v) is 12.7. The second kappa shape index (κ2) is 18.3. The second-order valence-corrected chi connectivity index (χ2v) is 8.92. The normalized spacial score (nSPS) is 24.9. The number of aliphatic hydroxyl groups is 2. The third kappa shape index (κ3) is 11.1. The van der Waals surface area contributed by atoms with Crippen LogP contribution in [-0.4, -0.2) is 80.8 Å². The molecule has 0 saturated carbocycles. The molecule has 0 aromatic rings. The number of carbonyl (C=O) groups excluding carboxylic acids is 1. The average Bonchev–Trinajstić information content (AvgIpc) is 2.84. The van der Waals surface area contributed by atoms with E-state index in [0.29, 0.717) is 25.9 Å². The standard InChI is InChI=1S/C24H45NO7.C2H6/c1-8-18(20(26)13-19(30-6)14-29-5)10-9-11-22(31-7)25-24(28)23(27)21-12-15(2)16(3)17(4)32-21;1-2/h16-23,26-27H,2,8-14H2,1,3-7H3,(H,25,28);1-2H3. The van der Waals surface area contributed by atoms with E-state index < -0.39 is 30.4 Å². The van der Waals surface area contributed by atoms with Crippen LogP contribution in [0.1, 0.15) is 73.1 Å². The summed E-state index contributed by atoms with van der Waals surface area (Å²) in [5, 5.41) is 23.9. The predicted octanol–water partition coefficient (Wildman–Crippen LogP) is 3.44. The predicted molar refractivity (Wildman–Crippen MR) is 134 cm³/mol. The molecule has 1 amide bonds. The zero-order valence-electron chi connectivity index (χ0n) is 22.7. The van der Waals surface area contributed by atoms with Crippen molar-refractivity contribution in [3.05, 3.63) is 12.2 Å². The molecule has 1 fully saturated rings. The van der Waals surface area contributed by atoms with Crippen molar-refractivity contribution in [2.75, 3.05) is 27.9 Å². The molecule has 0 aromatic carbocycles. The van der Waals surface area contributed by atoms with Crippen molar-refractivity contribution in [1.82, 2.24) is 5.32 Å². The van der Waals surface area contributed by atoms with Gasteiger partial charge >= 0.3 is 0 Å². The van der Waals surface area contributed by atoms with E-state index in [9.17, 15) is 15.0 Å². The van der Waals surface area contributed by atoms with Crippen molar-refractivity contribution >= 4 is 5.91 Å². The number of carbonyl (C=O) groups is 1. The Morgan fingerprint density at radius 1 is 1.18 bits per heavy atom. The van der Waals surface area contributed by atoms with Crippen LogP contribution in [-0.2, 0) is 23.7 Å². The van der Waals surface area contributed by atoms with Crippen molar-refractivity contribution in [3.63, 3.8) is 0 Å². The summed E-state index contributed by atoms with van der Waals surface area (Å²) in [6, 6.07) is 0. The summed E-state index contributed by atoms with van der Waals surface area (Å²) in [6.45, 7) is 14.5. The molecule has 1 heterocycles. The first-order chi connectivity index (χ1) is 16.2. The Hall–Kier alpha value is -1.03. The van der Waals surface area contributed by atoms with Gasteiger partial charge in [-0.15, -0.1) is 0 Å². The van der Waals surface area contributed by atoms with Crippen molar-refractivity contribution in [1.29, 1.82) is 0 Å². The van der Waals surface area contributed by atoms with Gasteiger partial charge in [0.1, 0.15) is 6.23 Å². The fourth-order valence-electron chi connectivity index (χ4n) is 4.18. The molecule has 0 bridgehead atoms. The Morgan fingerprint density at radius 2 is 1.82 bits per heavy atom. The Bertz CT molecular complexity index is 559. The summed E-state index contributed by atoms with van der Waals surface area (Å²) in [5.74, 6) is -0.192. The minimum Gasteiger partial charge on any atom is -0.393 e. The highest BCUT2D eigenvalue weighted by Gasteiger charge is 2.36. The molecular weight excluding hydrogens is 438 g/mol. The lowest BCUT2D eigenvalue weighted by Gasteiger charge is -2.36. The molecule has 8 heteroatoms. The number of ether oxygens (including phenoxy) is 4. The smallest absolute Gasteiger partial charge is 0.253 e. The first-order valence-electron chi connectivity index (χ1n) is 12.7. The monoisotopic (exact) mass is 489 g/mol. The van der Waals surface area contributed by atoms with Crippen LogP contribution >= 0.6 is 0 Å². The number of rotatable bonds is 15. The third-order valence-corrected chi connectivity index (χ3v) is 6.71. The average molecular weight is 490 g/mol. The van der Waals surface area contributed by atoms with Crippen molar-refractivity contribution in [2.45, 2.75) is 110 Å². The maximum absolute atomic E-state index is 12.6. The van der Waals surface area contributed by atoms with E-state index in [1.54, 1.807) is 14.2 Å². The van der Waals surface area contributed by atoms with Crippen LogP contribution in [0.4, 0.5) is 0 Å². The fourth-order valence-corrected chi connectivity index (χ4v) is 4.18. The molecule has 8 unspecified atom stereocenters. The number of aliphatic hydroxyl groups excluding tert-OH is 2. The molecule has 1 rings (SSSR count). The minimum atomic E-state index is -1.28. The molecule has 0 aromatic heterocycles. The van der Waals surface area contributed by atoms with Gasteiger partial charge in [-0.1, -0.05) is 46.3 Å². The highest BCUT2D eigenvalue weighted by Crippen LogP contribution is 2.30. The second-order valence-electron chi connectivity index (χ2n) is 8.92. The first kappa shape index (κ1) is 33.0. The van der Waals surface area contributed by atoms with Gasteiger partial charge in [0.25, 0.3) is 5.91 Å². The maximum Gasteiger partial charge on any atom is 0.253 e. The molecule has 1 saturated heterocycles. The molecule has 1 aliphatic heterocycles. The lowest BCUT2D eigenvalue weighted by atomic mass is 9.88. The number of methoxy groups -OCH3 is 3. The number of hydrogen-bond donors (Lipinski definition) is 3. The Balaban J connectivity index is 0.00000529. The van der Waals surface area contributed by atoms with E-state index in [-0.39, 0.29) is 24.0 Å². The molecule has 202 valence electrons. The maximum atomic E-state index is 12.6.